The van der Waals surface area contributed by atoms with Gasteiger partial charge >= 0.3 is 6.03 Å². The second-order valence-corrected chi connectivity index (χ2v) is 7.30. The van der Waals surface area contributed by atoms with Crippen LogP contribution >= 0.6 is 0 Å². The summed E-state index contributed by atoms with van der Waals surface area (Å²) in [6, 6.07) is -0.284. The second kappa shape index (κ2) is 7.86. The van der Waals surface area contributed by atoms with Crippen LogP contribution < -0.4 is 10.6 Å². The van der Waals surface area contributed by atoms with Gasteiger partial charge in [-0.05, 0) is 34.1 Å². The number of nitrogens with one attached hydrogen (secondary N) is 2. The Morgan fingerprint density at radius 2 is 1.96 bits per heavy atom. The standard InChI is InChI=1S/C17H29N5O3/c1-6-17(4,5)20-16(24)19-14-7-18-22(10-14)11-15(23)21-8-12(2)25-13(3)9-21/h7,10,12-13H,6,8-9,11H2,1-5H3,(H2,19,20,24). The number of hydrogen-bond donors (Lipinski definition) is 2. The molecule has 0 radical (unpaired) electrons. The zero-order chi connectivity index (χ0) is 18.6. The molecule has 1 saturated heterocycles. The number of aromatic nitrogens is 2. The summed E-state index contributed by atoms with van der Waals surface area (Å²) in [6.45, 7) is 11.2. The maximum Gasteiger partial charge on any atom is 0.319 e. The molecule has 25 heavy (non-hydrogen) atoms. The normalized spacial score (nSPS) is 21.1. The summed E-state index contributed by atoms with van der Waals surface area (Å²) < 4.78 is 7.18. The van der Waals surface area contributed by atoms with Crippen LogP contribution in [0.4, 0.5) is 10.5 Å². The van der Waals surface area contributed by atoms with Crippen molar-refractivity contribution < 1.29 is 14.3 Å². The number of carbonyl (C=O) groups is 2. The van der Waals surface area contributed by atoms with Crippen molar-refractivity contribution in [1.82, 2.24) is 20.0 Å². The Labute approximate surface area is 148 Å². The van der Waals surface area contributed by atoms with E-state index in [9.17, 15) is 9.59 Å². The van der Waals surface area contributed by atoms with Crippen LogP contribution in [0.25, 0.3) is 0 Å². The van der Waals surface area contributed by atoms with E-state index in [1.807, 2.05) is 34.6 Å². The van der Waals surface area contributed by atoms with Crippen molar-refractivity contribution in [3.63, 3.8) is 0 Å². The third-order valence-corrected chi connectivity index (χ3v) is 4.30. The van der Waals surface area contributed by atoms with Crippen LogP contribution in [-0.2, 0) is 16.1 Å². The lowest BCUT2D eigenvalue weighted by Gasteiger charge is -2.35. The highest BCUT2D eigenvalue weighted by atomic mass is 16.5. The van der Waals surface area contributed by atoms with Crippen molar-refractivity contribution in [2.75, 3.05) is 18.4 Å². The molecule has 0 spiro atoms. The highest BCUT2D eigenvalue weighted by Gasteiger charge is 2.26. The van der Waals surface area contributed by atoms with Gasteiger partial charge in [0.25, 0.3) is 0 Å². The number of rotatable bonds is 5. The van der Waals surface area contributed by atoms with Gasteiger partial charge in [0.1, 0.15) is 6.54 Å². The number of urea groups is 1. The van der Waals surface area contributed by atoms with Gasteiger partial charge in [-0.1, -0.05) is 6.92 Å². The first-order chi connectivity index (χ1) is 11.7. The van der Waals surface area contributed by atoms with Gasteiger partial charge in [0.05, 0.1) is 24.1 Å². The smallest absolute Gasteiger partial charge is 0.319 e. The van der Waals surface area contributed by atoms with Crippen LogP contribution in [0.3, 0.4) is 0 Å². The van der Waals surface area contributed by atoms with Gasteiger partial charge in [-0.15, -0.1) is 0 Å². The monoisotopic (exact) mass is 351 g/mol. The predicted molar refractivity (Wildman–Crippen MR) is 95.3 cm³/mol. The van der Waals surface area contributed by atoms with Crippen LogP contribution in [-0.4, -0.2) is 57.5 Å². The van der Waals surface area contributed by atoms with Gasteiger partial charge in [0.15, 0.2) is 0 Å². The molecular weight excluding hydrogens is 322 g/mol. The highest BCUT2D eigenvalue weighted by molar-refractivity contribution is 5.89. The molecule has 1 aliphatic rings. The first-order valence-electron chi connectivity index (χ1n) is 8.73. The molecule has 0 bridgehead atoms. The molecule has 2 heterocycles. The third-order valence-electron chi connectivity index (χ3n) is 4.30. The maximum atomic E-state index is 12.4. The summed E-state index contributed by atoms with van der Waals surface area (Å²) in [5, 5.41) is 9.79. The summed E-state index contributed by atoms with van der Waals surface area (Å²) in [5.41, 5.74) is 0.278. The molecule has 1 aromatic rings. The maximum absolute atomic E-state index is 12.4. The summed E-state index contributed by atoms with van der Waals surface area (Å²) in [5.74, 6) is -0.00628. The summed E-state index contributed by atoms with van der Waals surface area (Å²) >= 11 is 0. The molecule has 1 aromatic heterocycles. The number of ether oxygens (including phenoxy) is 1. The number of morpholine rings is 1. The first-order valence-corrected chi connectivity index (χ1v) is 8.73. The summed E-state index contributed by atoms with van der Waals surface area (Å²) in [4.78, 5) is 26.2. The number of nitrogens with zero attached hydrogens (tertiary/aromatic N) is 3. The number of anilines is 1. The lowest BCUT2D eigenvalue weighted by Crippen LogP contribution is -2.49. The van der Waals surface area contributed by atoms with Crippen molar-refractivity contribution in [3.05, 3.63) is 12.4 Å². The van der Waals surface area contributed by atoms with Gasteiger partial charge in [0, 0.05) is 24.8 Å². The van der Waals surface area contributed by atoms with E-state index in [-0.39, 0.29) is 36.2 Å². The van der Waals surface area contributed by atoms with Crippen molar-refractivity contribution in [1.29, 1.82) is 0 Å². The van der Waals surface area contributed by atoms with E-state index in [0.717, 1.165) is 6.42 Å². The molecule has 3 amide bonds. The van der Waals surface area contributed by atoms with Gasteiger partial charge in [-0.3, -0.25) is 9.48 Å². The number of carbonyl (C=O) groups excluding carboxylic acids is 2. The molecular formula is C17H29N5O3. The largest absolute Gasteiger partial charge is 0.372 e. The lowest BCUT2D eigenvalue weighted by atomic mass is 10.0. The molecule has 1 aliphatic heterocycles. The average Bonchev–Trinajstić information content (AvgIpc) is 2.92. The fourth-order valence-corrected chi connectivity index (χ4v) is 2.69. The SMILES string of the molecule is CCC(C)(C)NC(=O)Nc1cnn(CC(=O)N2CC(C)OC(C)C2)c1. The minimum atomic E-state index is -0.284. The summed E-state index contributed by atoms with van der Waals surface area (Å²) in [7, 11) is 0. The van der Waals surface area contributed by atoms with Gasteiger partial charge in [-0.2, -0.15) is 5.10 Å². The Morgan fingerprint density at radius 3 is 2.56 bits per heavy atom. The Hall–Kier alpha value is -2.09. The minimum absolute atomic E-state index is 0.00628. The average molecular weight is 351 g/mol. The van der Waals surface area contributed by atoms with Crippen LogP contribution in [0, 0.1) is 0 Å². The predicted octanol–water partition coefficient (Wildman–Crippen LogP) is 1.83. The van der Waals surface area contributed by atoms with Crippen molar-refractivity contribution >= 4 is 17.6 Å². The molecule has 2 N–H and O–H groups in total. The van der Waals surface area contributed by atoms with Crippen LogP contribution in [0.5, 0.6) is 0 Å². The van der Waals surface area contributed by atoms with Crippen molar-refractivity contribution in [2.24, 2.45) is 0 Å². The summed E-state index contributed by atoms with van der Waals surface area (Å²) in [6.07, 6.45) is 4.09. The second-order valence-electron chi connectivity index (χ2n) is 7.30. The van der Waals surface area contributed by atoms with Crippen molar-refractivity contribution in [2.45, 2.75) is 65.3 Å². The van der Waals surface area contributed by atoms with E-state index in [2.05, 4.69) is 15.7 Å². The molecule has 140 valence electrons. The molecule has 0 saturated carbocycles. The molecule has 8 heteroatoms. The van der Waals surface area contributed by atoms with Crippen LogP contribution in [0.1, 0.15) is 41.0 Å². The quantitative estimate of drug-likeness (QED) is 0.847. The van der Waals surface area contributed by atoms with E-state index in [1.165, 1.54) is 10.9 Å². The highest BCUT2D eigenvalue weighted by Crippen LogP contribution is 2.12. The van der Waals surface area contributed by atoms with Gasteiger partial charge in [-0.25, -0.2) is 4.79 Å². The molecule has 2 atom stereocenters. The molecule has 1 fully saturated rings. The van der Waals surface area contributed by atoms with Crippen LogP contribution in [0.15, 0.2) is 12.4 Å². The van der Waals surface area contributed by atoms with E-state index in [4.69, 9.17) is 4.74 Å². The molecule has 0 aromatic carbocycles. The zero-order valence-corrected chi connectivity index (χ0v) is 15.7. The van der Waals surface area contributed by atoms with Gasteiger partial charge < -0.3 is 20.3 Å². The molecule has 8 nitrogen and oxygen atoms in total. The van der Waals surface area contributed by atoms with Gasteiger partial charge in [0.2, 0.25) is 5.91 Å². The fourth-order valence-electron chi connectivity index (χ4n) is 2.69. The lowest BCUT2D eigenvalue weighted by molar-refractivity contribution is -0.144. The van der Waals surface area contributed by atoms with E-state index >= 15 is 0 Å². The minimum Gasteiger partial charge on any atom is -0.372 e. The molecule has 2 unspecified atom stereocenters. The first kappa shape index (κ1) is 19.2. The third kappa shape index (κ3) is 5.74. The number of amides is 3. The Kier molecular flexibility index (Phi) is 6.05. The topological polar surface area (TPSA) is 88.5 Å². The molecule has 0 aliphatic carbocycles. The van der Waals surface area contributed by atoms with Crippen LogP contribution in [0.2, 0.25) is 0 Å². The Morgan fingerprint density at radius 1 is 1.32 bits per heavy atom. The number of hydrogen-bond acceptors (Lipinski definition) is 4. The van der Waals surface area contributed by atoms with E-state index in [0.29, 0.717) is 18.8 Å². The van der Waals surface area contributed by atoms with E-state index < -0.39 is 0 Å². The Bertz CT molecular complexity index is 603. The molecule has 2 rings (SSSR count). The zero-order valence-electron chi connectivity index (χ0n) is 15.7. The van der Waals surface area contributed by atoms with E-state index in [1.54, 1.807) is 11.1 Å². The fraction of sp³-hybridized carbons (Fsp3) is 0.706. The Balaban J connectivity index is 1.88. The van der Waals surface area contributed by atoms with Crippen molar-refractivity contribution in [3.8, 4) is 0 Å².